The van der Waals surface area contributed by atoms with E-state index in [1.165, 1.54) is 0 Å². The van der Waals surface area contributed by atoms with Gasteiger partial charge in [-0.15, -0.1) is 12.4 Å². The van der Waals surface area contributed by atoms with Crippen LogP contribution in [0.1, 0.15) is 38.7 Å². The number of nitrogens with zero attached hydrogens (tertiary/aromatic N) is 1. The van der Waals surface area contributed by atoms with Gasteiger partial charge in [0.2, 0.25) is 5.91 Å². The molecule has 2 N–H and O–H groups in total. The fourth-order valence-corrected chi connectivity index (χ4v) is 3.86. The average Bonchev–Trinajstić information content (AvgIpc) is 3.12. The second-order valence-corrected chi connectivity index (χ2v) is 7.73. The van der Waals surface area contributed by atoms with Crippen molar-refractivity contribution in [2.45, 2.75) is 51.7 Å². The van der Waals surface area contributed by atoms with E-state index in [0.29, 0.717) is 6.54 Å². The first kappa shape index (κ1) is 22.3. The highest BCUT2D eigenvalue weighted by Gasteiger charge is 2.32. The molecule has 2 aromatic carbocycles. The van der Waals surface area contributed by atoms with Crippen LogP contribution in [-0.4, -0.2) is 30.0 Å². The summed E-state index contributed by atoms with van der Waals surface area (Å²) in [4.78, 5) is 14.9. The van der Waals surface area contributed by atoms with Gasteiger partial charge >= 0.3 is 0 Å². The molecule has 0 aromatic heterocycles. The van der Waals surface area contributed by atoms with E-state index >= 15 is 0 Å². The summed E-state index contributed by atoms with van der Waals surface area (Å²) in [6.45, 7) is 4.79. The third kappa shape index (κ3) is 5.06. The minimum atomic E-state index is 0. The first-order valence-electron chi connectivity index (χ1n) is 9.78. The van der Waals surface area contributed by atoms with Crippen molar-refractivity contribution >= 4 is 18.3 Å². The Labute approximate surface area is 174 Å². The molecule has 2 atom stereocenters. The molecule has 2 unspecified atom stereocenters. The molecule has 1 fully saturated rings. The van der Waals surface area contributed by atoms with Gasteiger partial charge in [0.1, 0.15) is 5.75 Å². The van der Waals surface area contributed by atoms with Crippen LogP contribution in [0.25, 0.3) is 11.1 Å². The molecule has 0 saturated heterocycles. The van der Waals surface area contributed by atoms with Crippen molar-refractivity contribution < 1.29 is 9.53 Å². The highest BCUT2D eigenvalue weighted by Crippen LogP contribution is 2.30. The van der Waals surface area contributed by atoms with E-state index in [1.54, 1.807) is 7.11 Å². The summed E-state index contributed by atoms with van der Waals surface area (Å²) in [6, 6.07) is 16.8. The Morgan fingerprint density at radius 1 is 1.14 bits per heavy atom. The average molecular weight is 403 g/mol. The van der Waals surface area contributed by atoms with Crippen molar-refractivity contribution in [3.8, 4) is 16.9 Å². The normalized spacial score (nSPS) is 18.6. The minimum Gasteiger partial charge on any atom is -0.496 e. The van der Waals surface area contributed by atoms with Gasteiger partial charge in [0.25, 0.3) is 0 Å². The summed E-state index contributed by atoms with van der Waals surface area (Å²) in [5.74, 6) is 1.18. The lowest BCUT2D eigenvalue weighted by molar-refractivity contribution is -0.137. The summed E-state index contributed by atoms with van der Waals surface area (Å²) >= 11 is 0. The number of hydrogen-bond acceptors (Lipinski definition) is 3. The predicted molar refractivity (Wildman–Crippen MR) is 117 cm³/mol. The maximum absolute atomic E-state index is 13.0. The molecule has 0 aliphatic heterocycles. The second kappa shape index (κ2) is 9.94. The van der Waals surface area contributed by atoms with E-state index in [4.69, 9.17) is 10.5 Å². The maximum atomic E-state index is 13.0. The Morgan fingerprint density at radius 2 is 1.82 bits per heavy atom. The van der Waals surface area contributed by atoms with Crippen molar-refractivity contribution in [2.24, 2.45) is 11.7 Å². The quantitative estimate of drug-likeness (QED) is 0.765. The number of amides is 1. The van der Waals surface area contributed by atoms with Gasteiger partial charge in [0, 0.05) is 30.1 Å². The van der Waals surface area contributed by atoms with Crippen LogP contribution in [0.5, 0.6) is 5.75 Å². The number of carbonyl (C=O) groups is 1. The number of rotatable bonds is 6. The lowest BCUT2D eigenvalue weighted by atomic mass is 10.0. The number of para-hydroxylation sites is 1. The number of hydrogen-bond donors (Lipinski definition) is 1. The lowest BCUT2D eigenvalue weighted by Crippen LogP contribution is -2.40. The molecule has 28 heavy (non-hydrogen) atoms. The molecular formula is C23H31ClN2O2. The zero-order valence-corrected chi connectivity index (χ0v) is 17.7. The molecular weight excluding hydrogens is 372 g/mol. The van der Waals surface area contributed by atoms with Crippen LogP contribution < -0.4 is 10.5 Å². The van der Waals surface area contributed by atoms with Gasteiger partial charge in [-0.1, -0.05) is 42.5 Å². The number of benzene rings is 2. The smallest absolute Gasteiger partial charge is 0.226 e. The monoisotopic (exact) mass is 402 g/mol. The van der Waals surface area contributed by atoms with Crippen molar-refractivity contribution in [3.05, 3.63) is 54.1 Å². The van der Waals surface area contributed by atoms with Gasteiger partial charge in [-0.3, -0.25) is 4.79 Å². The Balaban J connectivity index is 0.00000280. The number of ether oxygens (including phenoxy) is 1. The molecule has 2 aromatic rings. The fourth-order valence-electron chi connectivity index (χ4n) is 3.86. The molecule has 0 spiro atoms. The predicted octanol–water partition coefficient (Wildman–Crippen LogP) is 4.65. The molecule has 1 aliphatic rings. The van der Waals surface area contributed by atoms with Gasteiger partial charge in [-0.25, -0.2) is 0 Å². The Kier molecular flexibility index (Phi) is 7.90. The zero-order valence-electron chi connectivity index (χ0n) is 16.9. The van der Waals surface area contributed by atoms with Crippen LogP contribution in [-0.2, 0) is 11.3 Å². The van der Waals surface area contributed by atoms with Crippen LogP contribution in [0.3, 0.4) is 0 Å². The van der Waals surface area contributed by atoms with Crippen LogP contribution >= 0.6 is 12.4 Å². The third-order valence-corrected chi connectivity index (χ3v) is 5.45. The van der Waals surface area contributed by atoms with Gasteiger partial charge < -0.3 is 15.4 Å². The summed E-state index contributed by atoms with van der Waals surface area (Å²) < 4.78 is 5.46. The van der Waals surface area contributed by atoms with E-state index in [2.05, 4.69) is 44.2 Å². The maximum Gasteiger partial charge on any atom is 0.226 e. The van der Waals surface area contributed by atoms with Crippen LogP contribution in [0.15, 0.2) is 48.5 Å². The van der Waals surface area contributed by atoms with Crippen molar-refractivity contribution in [1.29, 1.82) is 0 Å². The van der Waals surface area contributed by atoms with E-state index in [0.717, 1.165) is 41.7 Å². The van der Waals surface area contributed by atoms with E-state index in [1.807, 2.05) is 23.1 Å². The largest absolute Gasteiger partial charge is 0.496 e. The summed E-state index contributed by atoms with van der Waals surface area (Å²) in [5, 5.41) is 0. The second-order valence-electron chi connectivity index (χ2n) is 7.73. The fraction of sp³-hybridized carbons (Fsp3) is 0.435. The Hall–Kier alpha value is -2.04. The first-order chi connectivity index (χ1) is 13.0. The summed E-state index contributed by atoms with van der Waals surface area (Å²) in [5.41, 5.74) is 9.33. The highest BCUT2D eigenvalue weighted by atomic mass is 35.5. The van der Waals surface area contributed by atoms with Gasteiger partial charge in [0.05, 0.1) is 7.11 Å². The summed E-state index contributed by atoms with van der Waals surface area (Å²) in [7, 11) is 1.69. The minimum absolute atomic E-state index is 0. The van der Waals surface area contributed by atoms with Gasteiger partial charge in [-0.2, -0.15) is 0 Å². The van der Waals surface area contributed by atoms with Crippen LogP contribution in [0.2, 0.25) is 0 Å². The molecule has 0 heterocycles. The molecule has 152 valence electrons. The molecule has 5 heteroatoms. The Morgan fingerprint density at radius 3 is 2.39 bits per heavy atom. The van der Waals surface area contributed by atoms with Crippen molar-refractivity contribution in [1.82, 2.24) is 4.90 Å². The van der Waals surface area contributed by atoms with Crippen LogP contribution in [0, 0.1) is 5.92 Å². The third-order valence-electron chi connectivity index (χ3n) is 5.45. The van der Waals surface area contributed by atoms with Gasteiger partial charge in [-0.05, 0) is 50.3 Å². The van der Waals surface area contributed by atoms with Crippen molar-refractivity contribution in [2.75, 3.05) is 7.11 Å². The molecule has 4 nitrogen and oxygen atoms in total. The number of nitrogens with two attached hydrogens (primary N) is 1. The summed E-state index contributed by atoms with van der Waals surface area (Å²) in [6.07, 6.45) is 2.68. The topological polar surface area (TPSA) is 55.6 Å². The number of halogens is 1. The molecule has 0 radical (unpaired) electrons. The molecule has 0 bridgehead atoms. The van der Waals surface area contributed by atoms with Crippen molar-refractivity contribution in [3.63, 3.8) is 0 Å². The highest BCUT2D eigenvalue weighted by molar-refractivity contribution is 5.85. The molecule has 1 saturated carbocycles. The zero-order chi connectivity index (χ0) is 19.4. The Bertz CT molecular complexity index is 776. The lowest BCUT2D eigenvalue weighted by Gasteiger charge is -2.29. The van der Waals surface area contributed by atoms with Crippen LogP contribution in [0.4, 0.5) is 0 Å². The SMILES string of the molecule is COc1ccccc1-c1ccc(CN(C(=O)C2CCC(N)C2)C(C)C)cc1.Cl. The molecule has 3 rings (SSSR count). The molecule has 1 amide bonds. The van der Waals surface area contributed by atoms with E-state index in [9.17, 15) is 4.79 Å². The van der Waals surface area contributed by atoms with Gasteiger partial charge in [0.15, 0.2) is 0 Å². The molecule has 1 aliphatic carbocycles. The number of carbonyl (C=O) groups excluding carboxylic acids is 1. The number of methoxy groups -OCH3 is 1. The van der Waals surface area contributed by atoms with E-state index < -0.39 is 0 Å². The first-order valence-corrected chi connectivity index (χ1v) is 9.78. The van der Waals surface area contributed by atoms with E-state index in [-0.39, 0.29) is 36.3 Å². The standard InChI is InChI=1S/C23H30N2O2.ClH/c1-16(2)25(23(26)19-12-13-20(24)14-19)15-17-8-10-18(11-9-17)21-6-4-5-7-22(21)27-3;/h4-11,16,19-20H,12-15,24H2,1-3H3;1H.